The molecule has 2 fully saturated rings. The summed E-state index contributed by atoms with van der Waals surface area (Å²) in [5.74, 6) is 1.03. The second-order valence-electron chi connectivity index (χ2n) is 5.54. The quantitative estimate of drug-likeness (QED) is 0.885. The van der Waals surface area contributed by atoms with E-state index in [0.717, 1.165) is 25.4 Å². The van der Waals surface area contributed by atoms with E-state index < -0.39 is 0 Å². The maximum atomic E-state index is 5.98. The van der Waals surface area contributed by atoms with Gasteiger partial charge in [-0.1, -0.05) is 18.6 Å². The summed E-state index contributed by atoms with van der Waals surface area (Å²) in [6, 6.07) is 9.13. The molecule has 3 nitrogen and oxygen atoms in total. The summed E-state index contributed by atoms with van der Waals surface area (Å²) in [6.07, 6.45) is 4.26. The summed E-state index contributed by atoms with van der Waals surface area (Å²) >= 11 is 0. The van der Waals surface area contributed by atoms with Gasteiger partial charge in [-0.25, -0.2) is 0 Å². The first-order valence-electron chi connectivity index (χ1n) is 7.00. The molecule has 0 saturated carbocycles. The Balaban J connectivity index is 1.64. The summed E-state index contributed by atoms with van der Waals surface area (Å²) in [6.45, 7) is 3.24. The van der Waals surface area contributed by atoms with E-state index in [0.29, 0.717) is 12.1 Å². The van der Waals surface area contributed by atoms with Crippen molar-refractivity contribution >= 4 is 0 Å². The number of likely N-dealkylation sites (tertiary alicyclic amines) is 1. The lowest BCUT2D eigenvalue weighted by atomic mass is 9.97. The van der Waals surface area contributed by atoms with Crippen LogP contribution in [-0.2, 0) is 0 Å². The van der Waals surface area contributed by atoms with E-state index in [1.165, 1.54) is 24.8 Å². The molecule has 18 heavy (non-hydrogen) atoms. The number of piperidine rings is 1. The Bertz CT molecular complexity index is 395. The monoisotopic (exact) mass is 246 g/mol. The molecular formula is C15H22N2O. The van der Waals surface area contributed by atoms with Crippen molar-refractivity contribution in [2.75, 3.05) is 26.7 Å². The van der Waals surface area contributed by atoms with Crippen LogP contribution in [0.2, 0.25) is 0 Å². The minimum atomic E-state index is 0.379. The molecule has 1 N–H and O–H groups in total. The Morgan fingerprint density at radius 2 is 2.17 bits per heavy atom. The van der Waals surface area contributed by atoms with Crippen LogP contribution in [0.3, 0.4) is 0 Å². The van der Waals surface area contributed by atoms with Crippen LogP contribution in [0.4, 0.5) is 0 Å². The molecule has 98 valence electrons. The minimum absolute atomic E-state index is 0.379. The predicted molar refractivity (Wildman–Crippen MR) is 72.9 cm³/mol. The van der Waals surface area contributed by atoms with Crippen LogP contribution < -0.4 is 10.1 Å². The first-order chi connectivity index (χ1) is 8.81. The van der Waals surface area contributed by atoms with Crippen molar-refractivity contribution < 1.29 is 4.74 Å². The summed E-state index contributed by atoms with van der Waals surface area (Å²) in [7, 11) is 2.13. The molecule has 1 unspecified atom stereocenters. The molecule has 2 heterocycles. The first-order valence-corrected chi connectivity index (χ1v) is 7.00. The summed E-state index contributed by atoms with van der Waals surface area (Å²) in [5, 5.41) is 3.59. The third-order valence-corrected chi connectivity index (χ3v) is 3.90. The fourth-order valence-corrected chi connectivity index (χ4v) is 2.85. The molecule has 1 atom stereocenters. The van der Waals surface area contributed by atoms with Crippen molar-refractivity contribution in [1.29, 1.82) is 0 Å². The van der Waals surface area contributed by atoms with Crippen molar-refractivity contribution in [2.45, 2.75) is 31.4 Å². The SMILES string of the molecule is CN1CC(Oc2cccc(C3CCCCN3)c2)C1. The third-order valence-electron chi connectivity index (χ3n) is 3.90. The smallest absolute Gasteiger partial charge is 0.124 e. The maximum Gasteiger partial charge on any atom is 0.124 e. The lowest BCUT2D eigenvalue weighted by Crippen LogP contribution is -2.51. The van der Waals surface area contributed by atoms with Crippen molar-refractivity contribution in [3.63, 3.8) is 0 Å². The molecule has 0 bridgehead atoms. The number of benzene rings is 1. The molecule has 3 heteroatoms. The average molecular weight is 246 g/mol. The van der Waals surface area contributed by atoms with Crippen LogP contribution in [0.15, 0.2) is 24.3 Å². The first kappa shape index (κ1) is 12.0. The van der Waals surface area contributed by atoms with Gasteiger partial charge in [0, 0.05) is 19.1 Å². The van der Waals surface area contributed by atoms with Crippen molar-refractivity contribution in [2.24, 2.45) is 0 Å². The second kappa shape index (κ2) is 5.29. The highest BCUT2D eigenvalue weighted by molar-refractivity contribution is 5.31. The molecule has 2 aliphatic heterocycles. The van der Waals surface area contributed by atoms with Crippen LogP contribution in [0.5, 0.6) is 5.75 Å². The van der Waals surface area contributed by atoms with Gasteiger partial charge in [0.05, 0.1) is 0 Å². The van der Waals surface area contributed by atoms with Gasteiger partial charge in [0.2, 0.25) is 0 Å². The van der Waals surface area contributed by atoms with Gasteiger partial charge in [-0.15, -0.1) is 0 Å². The highest BCUT2D eigenvalue weighted by Crippen LogP contribution is 2.26. The summed E-state index contributed by atoms with van der Waals surface area (Å²) in [4.78, 5) is 2.28. The van der Waals surface area contributed by atoms with Crippen LogP contribution in [0, 0.1) is 0 Å². The molecule has 0 amide bonds. The molecule has 0 aromatic heterocycles. The molecule has 0 spiro atoms. The van der Waals surface area contributed by atoms with Crippen LogP contribution in [0.1, 0.15) is 30.9 Å². The van der Waals surface area contributed by atoms with Crippen molar-refractivity contribution in [3.8, 4) is 5.75 Å². The Kier molecular flexibility index (Phi) is 3.52. The highest BCUT2D eigenvalue weighted by atomic mass is 16.5. The normalized spacial score (nSPS) is 25.7. The second-order valence-corrected chi connectivity index (χ2v) is 5.54. The van der Waals surface area contributed by atoms with E-state index in [9.17, 15) is 0 Å². The number of rotatable bonds is 3. The molecule has 2 saturated heterocycles. The van der Waals surface area contributed by atoms with E-state index in [1.54, 1.807) is 0 Å². The average Bonchev–Trinajstić information content (AvgIpc) is 2.38. The maximum absolute atomic E-state index is 5.98. The van der Waals surface area contributed by atoms with E-state index >= 15 is 0 Å². The fourth-order valence-electron chi connectivity index (χ4n) is 2.85. The number of hydrogen-bond acceptors (Lipinski definition) is 3. The molecule has 0 radical (unpaired) electrons. The molecule has 3 rings (SSSR count). The van der Waals surface area contributed by atoms with Gasteiger partial charge in [-0.2, -0.15) is 0 Å². The topological polar surface area (TPSA) is 24.5 Å². The lowest BCUT2D eigenvalue weighted by Gasteiger charge is -2.36. The van der Waals surface area contributed by atoms with Gasteiger partial charge < -0.3 is 10.1 Å². The standard InChI is InChI=1S/C15H22N2O/c1-17-10-14(11-17)18-13-6-4-5-12(9-13)15-7-2-3-8-16-15/h4-6,9,14-16H,2-3,7-8,10-11H2,1H3. The van der Waals surface area contributed by atoms with Crippen molar-refractivity contribution in [3.05, 3.63) is 29.8 Å². The van der Waals surface area contributed by atoms with Crippen LogP contribution >= 0.6 is 0 Å². The largest absolute Gasteiger partial charge is 0.488 e. The molecule has 0 aliphatic carbocycles. The number of nitrogens with one attached hydrogen (secondary N) is 1. The molecule has 1 aromatic carbocycles. The van der Waals surface area contributed by atoms with E-state index in [-0.39, 0.29) is 0 Å². The van der Waals surface area contributed by atoms with E-state index in [4.69, 9.17) is 4.74 Å². The van der Waals surface area contributed by atoms with Gasteiger partial charge in [0.15, 0.2) is 0 Å². The van der Waals surface area contributed by atoms with Crippen LogP contribution in [0.25, 0.3) is 0 Å². The Labute approximate surface area is 109 Å². The number of nitrogens with zero attached hydrogens (tertiary/aromatic N) is 1. The molecule has 2 aliphatic rings. The summed E-state index contributed by atoms with van der Waals surface area (Å²) < 4.78 is 5.98. The Morgan fingerprint density at radius 3 is 2.89 bits per heavy atom. The van der Waals surface area contributed by atoms with Crippen LogP contribution in [-0.4, -0.2) is 37.7 Å². The number of hydrogen-bond donors (Lipinski definition) is 1. The third kappa shape index (κ3) is 2.68. The fraction of sp³-hybridized carbons (Fsp3) is 0.600. The number of likely N-dealkylation sites (N-methyl/N-ethyl adjacent to an activating group) is 1. The highest BCUT2D eigenvalue weighted by Gasteiger charge is 2.25. The zero-order chi connectivity index (χ0) is 12.4. The number of ether oxygens (including phenoxy) is 1. The predicted octanol–water partition coefficient (Wildman–Crippen LogP) is 2.19. The van der Waals surface area contributed by atoms with Gasteiger partial charge in [0.25, 0.3) is 0 Å². The van der Waals surface area contributed by atoms with Crippen molar-refractivity contribution in [1.82, 2.24) is 10.2 Å². The van der Waals surface area contributed by atoms with Gasteiger partial charge in [-0.3, -0.25) is 4.90 Å². The Hall–Kier alpha value is -1.06. The molecular weight excluding hydrogens is 224 g/mol. The van der Waals surface area contributed by atoms with E-state index in [2.05, 4.69) is 41.5 Å². The Morgan fingerprint density at radius 1 is 1.28 bits per heavy atom. The minimum Gasteiger partial charge on any atom is -0.488 e. The summed E-state index contributed by atoms with van der Waals surface area (Å²) in [5.41, 5.74) is 1.37. The zero-order valence-corrected chi connectivity index (χ0v) is 11.1. The van der Waals surface area contributed by atoms with Gasteiger partial charge >= 0.3 is 0 Å². The van der Waals surface area contributed by atoms with Gasteiger partial charge in [0.1, 0.15) is 11.9 Å². The van der Waals surface area contributed by atoms with Gasteiger partial charge in [-0.05, 0) is 44.1 Å². The van der Waals surface area contributed by atoms with E-state index in [1.807, 2.05) is 0 Å². The zero-order valence-electron chi connectivity index (χ0n) is 11.1. The lowest BCUT2D eigenvalue weighted by molar-refractivity contribution is 0.0387. The molecule has 1 aromatic rings.